The van der Waals surface area contributed by atoms with E-state index in [1.807, 2.05) is 30.3 Å². The monoisotopic (exact) mass is 295 g/mol. The fourth-order valence-electron chi connectivity index (χ4n) is 2.28. The molecule has 0 fully saturated rings. The van der Waals surface area contributed by atoms with Crippen molar-refractivity contribution in [2.24, 2.45) is 0 Å². The molecule has 5 nitrogen and oxygen atoms in total. The van der Waals surface area contributed by atoms with Crippen molar-refractivity contribution in [3.8, 4) is 0 Å². The standard InChI is InChI=1S/C17H17N3O2/c1-11(2)15-14-8-13(9-18-16(14)20-19-15)17(21)22-10-12-6-4-3-5-7-12/h3-9,11H,10H2,1-2H3,(H,18,19,20). The first-order valence-electron chi connectivity index (χ1n) is 7.20. The van der Waals surface area contributed by atoms with Crippen LogP contribution in [-0.2, 0) is 11.3 Å². The van der Waals surface area contributed by atoms with Gasteiger partial charge in [0, 0.05) is 17.3 Å². The Balaban J connectivity index is 1.80. The lowest BCUT2D eigenvalue weighted by Gasteiger charge is -2.05. The summed E-state index contributed by atoms with van der Waals surface area (Å²) in [4.78, 5) is 16.4. The second-order valence-electron chi connectivity index (χ2n) is 5.45. The van der Waals surface area contributed by atoms with Gasteiger partial charge in [-0.05, 0) is 17.5 Å². The molecule has 0 saturated carbocycles. The Morgan fingerprint density at radius 2 is 2.05 bits per heavy atom. The zero-order valence-electron chi connectivity index (χ0n) is 12.5. The molecular weight excluding hydrogens is 278 g/mol. The third kappa shape index (κ3) is 2.83. The number of hydrogen-bond donors (Lipinski definition) is 1. The SMILES string of the molecule is CC(C)c1[nH]nc2ncc(C(=O)OCc3ccccc3)cc12. The van der Waals surface area contributed by atoms with Crippen LogP contribution in [0.3, 0.4) is 0 Å². The largest absolute Gasteiger partial charge is 0.457 e. The Morgan fingerprint density at radius 1 is 1.27 bits per heavy atom. The molecule has 3 rings (SSSR count). The lowest BCUT2D eigenvalue weighted by Crippen LogP contribution is -2.05. The molecule has 0 aliphatic heterocycles. The molecule has 3 aromatic rings. The van der Waals surface area contributed by atoms with E-state index in [0.29, 0.717) is 11.2 Å². The van der Waals surface area contributed by atoms with Gasteiger partial charge in [-0.25, -0.2) is 9.78 Å². The smallest absolute Gasteiger partial charge is 0.340 e. The minimum atomic E-state index is -0.380. The van der Waals surface area contributed by atoms with E-state index in [-0.39, 0.29) is 18.5 Å². The Labute approximate surface area is 128 Å². The summed E-state index contributed by atoms with van der Waals surface area (Å²) in [6.07, 6.45) is 1.50. The van der Waals surface area contributed by atoms with E-state index in [0.717, 1.165) is 16.6 Å². The molecule has 0 amide bonds. The minimum Gasteiger partial charge on any atom is -0.457 e. The van der Waals surface area contributed by atoms with Crippen LogP contribution in [0.15, 0.2) is 42.6 Å². The maximum atomic E-state index is 12.2. The van der Waals surface area contributed by atoms with Gasteiger partial charge in [0.1, 0.15) is 6.61 Å². The van der Waals surface area contributed by atoms with Crippen molar-refractivity contribution in [1.82, 2.24) is 15.2 Å². The lowest BCUT2D eigenvalue weighted by molar-refractivity contribution is 0.0472. The number of aromatic nitrogens is 3. The van der Waals surface area contributed by atoms with Gasteiger partial charge < -0.3 is 4.74 Å². The average Bonchev–Trinajstić information content (AvgIpc) is 2.96. The Bertz CT molecular complexity index is 794. The highest BCUT2D eigenvalue weighted by atomic mass is 16.5. The van der Waals surface area contributed by atoms with Gasteiger partial charge in [-0.15, -0.1) is 0 Å². The summed E-state index contributed by atoms with van der Waals surface area (Å²) in [5.74, 6) is -0.100. The summed E-state index contributed by atoms with van der Waals surface area (Å²) in [5.41, 5.74) is 2.98. The van der Waals surface area contributed by atoms with Gasteiger partial charge in [-0.3, -0.25) is 5.10 Å². The molecule has 0 bridgehead atoms. The van der Waals surface area contributed by atoms with Crippen molar-refractivity contribution in [3.05, 3.63) is 59.4 Å². The van der Waals surface area contributed by atoms with Gasteiger partial charge in [-0.2, -0.15) is 5.10 Å². The Kier molecular flexibility index (Phi) is 3.87. The number of rotatable bonds is 4. The number of carbonyl (C=O) groups excluding carboxylic acids is 1. The molecule has 2 heterocycles. The van der Waals surface area contributed by atoms with Crippen molar-refractivity contribution in [2.45, 2.75) is 26.4 Å². The van der Waals surface area contributed by atoms with Crippen LogP contribution >= 0.6 is 0 Å². The average molecular weight is 295 g/mol. The second kappa shape index (κ2) is 5.97. The van der Waals surface area contributed by atoms with Gasteiger partial charge in [0.05, 0.1) is 5.56 Å². The van der Waals surface area contributed by atoms with Crippen LogP contribution in [0.25, 0.3) is 11.0 Å². The van der Waals surface area contributed by atoms with Crippen LogP contribution in [0.2, 0.25) is 0 Å². The van der Waals surface area contributed by atoms with Crippen LogP contribution in [0.1, 0.15) is 41.4 Å². The van der Waals surface area contributed by atoms with Crippen LogP contribution in [0.4, 0.5) is 0 Å². The number of esters is 1. The quantitative estimate of drug-likeness (QED) is 0.749. The van der Waals surface area contributed by atoms with E-state index in [9.17, 15) is 4.79 Å². The number of pyridine rings is 1. The first-order valence-corrected chi connectivity index (χ1v) is 7.20. The minimum absolute atomic E-state index is 0.250. The predicted octanol–water partition coefficient (Wildman–Crippen LogP) is 3.44. The van der Waals surface area contributed by atoms with Gasteiger partial charge >= 0.3 is 5.97 Å². The maximum absolute atomic E-state index is 12.2. The fraction of sp³-hybridized carbons (Fsp3) is 0.235. The summed E-state index contributed by atoms with van der Waals surface area (Å²) in [6.45, 7) is 4.38. The number of H-pyrrole nitrogens is 1. The second-order valence-corrected chi connectivity index (χ2v) is 5.45. The number of carbonyl (C=O) groups is 1. The number of ether oxygens (including phenoxy) is 1. The van der Waals surface area contributed by atoms with Gasteiger partial charge in [0.15, 0.2) is 5.65 Å². The third-order valence-corrected chi connectivity index (χ3v) is 3.46. The summed E-state index contributed by atoms with van der Waals surface area (Å²) in [5, 5.41) is 7.98. The molecule has 0 aliphatic carbocycles. The zero-order chi connectivity index (χ0) is 15.5. The highest BCUT2D eigenvalue weighted by Crippen LogP contribution is 2.22. The van der Waals surface area contributed by atoms with Gasteiger partial charge in [0.2, 0.25) is 0 Å². The molecular formula is C17H17N3O2. The first-order chi connectivity index (χ1) is 10.6. The molecule has 2 aromatic heterocycles. The maximum Gasteiger partial charge on any atom is 0.340 e. The molecule has 0 atom stereocenters. The Hall–Kier alpha value is -2.69. The van der Waals surface area contributed by atoms with Gasteiger partial charge in [0.25, 0.3) is 0 Å². The van der Waals surface area contributed by atoms with Crippen LogP contribution in [0, 0.1) is 0 Å². The van der Waals surface area contributed by atoms with E-state index in [1.54, 1.807) is 6.07 Å². The van der Waals surface area contributed by atoms with E-state index >= 15 is 0 Å². The summed E-state index contributed by atoms with van der Waals surface area (Å²) in [7, 11) is 0. The number of hydrogen-bond acceptors (Lipinski definition) is 4. The summed E-state index contributed by atoms with van der Waals surface area (Å²) < 4.78 is 5.33. The van der Waals surface area contributed by atoms with E-state index in [1.165, 1.54) is 6.20 Å². The summed E-state index contributed by atoms with van der Waals surface area (Å²) in [6, 6.07) is 11.4. The van der Waals surface area contributed by atoms with E-state index in [4.69, 9.17) is 4.74 Å². The van der Waals surface area contributed by atoms with Crippen molar-refractivity contribution in [3.63, 3.8) is 0 Å². The normalized spacial score (nSPS) is 11.0. The van der Waals surface area contributed by atoms with E-state index < -0.39 is 0 Å². The molecule has 5 heteroatoms. The molecule has 0 radical (unpaired) electrons. The number of nitrogens with zero attached hydrogens (tertiary/aromatic N) is 2. The first kappa shape index (κ1) is 14.3. The van der Waals surface area contributed by atoms with Crippen molar-refractivity contribution in [2.75, 3.05) is 0 Å². The van der Waals surface area contributed by atoms with Crippen LogP contribution in [0.5, 0.6) is 0 Å². The molecule has 0 aliphatic rings. The van der Waals surface area contributed by atoms with Crippen molar-refractivity contribution in [1.29, 1.82) is 0 Å². The van der Waals surface area contributed by atoms with Crippen molar-refractivity contribution < 1.29 is 9.53 Å². The third-order valence-electron chi connectivity index (χ3n) is 3.46. The molecule has 0 saturated heterocycles. The number of nitrogens with one attached hydrogen (secondary N) is 1. The lowest BCUT2D eigenvalue weighted by atomic mass is 10.1. The Morgan fingerprint density at radius 3 is 2.77 bits per heavy atom. The number of benzene rings is 1. The highest BCUT2D eigenvalue weighted by Gasteiger charge is 2.14. The number of fused-ring (bicyclic) bond motifs is 1. The van der Waals surface area contributed by atoms with Crippen LogP contribution < -0.4 is 0 Å². The molecule has 1 aromatic carbocycles. The summed E-state index contributed by atoms with van der Waals surface area (Å²) >= 11 is 0. The predicted molar refractivity (Wildman–Crippen MR) is 83.5 cm³/mol. The van der Waals surface area contributed by atoms with Crippen LogP contribution in [-0.4, -0.2) is 21.2 Å². The fourth-order valence-corrected chi connectivity index (χ4v) is 2.28. The van der Waals surface area contributed by atoms with Gasteiger partial charge in [-0.1, -0.05) is 44.2 Å². The molecule has 112 valence electrons. The molecule has 0 unspecified atom stereocenters. The van der Waals surface area contributed by atoms with E-state index in [2.05, 4.69) is 29.0 Å². The topological polar surface area (TPSA) is 67.9 Å². The zero-order valence-corrected chi connectivity index (χ0v) is 12.5. The molecule has 22 heavy (non-hydrogen) atoms. The molecule has 1 N–H and O–H groups in total. The van der Waals surface area contributed by atoms with Crippen molar-refractivity contribution >= 4 is 17.0 Å². The number of aromatic amines is 1. The molecule has 0 spiro atoms. The highest BCUT2D eigenvalue weighted by molar-refractivity contribution is 5.93.